The summed E-state index contributed by atoms with van der Waals surface area (Å²) in [6.45, 7) is 0. The van der Waals surface area contributed by atoms with Crippen LogP contribution in [0.4, 0.5) is 8.78 Å². The van der Waals surface area contributed by atoms with Gasteiger partial charge >= 0.3 is 0 Å². The molecule has 0 bridgehead atoms. The molecule has 6 heteroatoms. The maximum Gasteiger partial charge on any atom is 0.300 e. The number of hydrogen-bond donors (Lipinski definition) is 0. The van der Waals surface area contributed by atoms with Crippen molar-refractivity contribution in [1.29, 1.82) is 0 Å². The molecule has 0 aliphatic rings. The van der Waals surface area contributed by atoms with E-state index < -0.39 is 11.5 Å². The second-order valence-electron chi connectivity index (χ2n) is 3.79. The fraction of sp³-hybridized carbons (Fsp3) is 0.0769. The normalized spacial score (nSPS) is 11.7. The average Bonchev–Trinajstić information content (AvgIpc) is 2.41. The van der Waals surface area contributed by atoms with Gasteiger partial charge in [0, 0.05) is 11.1 Å². The third-order valence-corrected chi connectivity index (χ3v) is 4.33. The highest BCUT2D eigenvalue weighted by Crippen LogP contribution is 2.46. The fourth-order valence-electron chi connectivity index (χ4n) is 1.60. The van der Waals surface area contributed by atoms with Crippen molar-refractivity contribution in [2.45, 2.75) is 5.92 Å². The Bertz CT molecular complexity index is 612. The van der Waals surface area contributed by atoms with E-state index in [1.54, 1.807) is 6.07 Å². The van der Waals surface area contributed by atoms with Crippen LogP contribution in [0.15, 0.2) is 36.4 Å². The molecular formula is C13H6Cl4F2. The maximum atomic E-state index is 14.4. The lowest BCUT2D eigenvalue weighted by Gasteiger charge is -2.20. The number of benzene rings is 2. The van der Waals surface area contributed by atoms with E-state index in [2.05, 4.69) is 0 Å². The van der Waals surface area contributed by atoms with Crippen LogP contribution >= 0.6 is 46.4 Å². The van der Waals surface area contributed by atoms with Gasteiger partial charge in [-0.2, -0.15) is 8.78 Å². The first-order chi connectivity index (χ1) is 8.85. The molecule has 0 aromatic heterocycles. The molecule has 2 rings (SSSR count). The smallest absolute Gasteiger partial charge is 0.196 e. The van der Waals surface area contributed by atoms with Gasteiger partial charge in [0.15, 0.2) is 0 Å². The summed E-state index contributed by atoms with van der Waals surface area (Å²) in [5.41, 5.74) is -0.675. The van der Waals surface area contributed by atoms with Crippen LogP contribution in [0.1, 0.15) is 11.1 Å². The molecule has 0 fully saturated rings. The Hall–Kier alpha value is -0.540. The van der Waals surface area contributed by atoms with Crippen molar-refractivity contribution in [3.05, 3.63) is 67.6 Å². The molecule has 0 nitrogen and oxygen atoms in total. The second kappa shape index (κ2) is 5.45. The first-order valence-electron chi connectivity index (χ1n) is 5.12. The van der Waals surface area contributed by atoms with Gasteiger partial charge in [-0.15, -0.1) is 0 Å². The van der Waals surface area contributed by atoms with Crippen LogP contribution in [0.25, 0.3) is 0 Å². The van der Waals surface area contributed by atoms with Crippen molar-refractivity contribution in [1.82, 2.24) is 0 Å². The Morgan fingerprint density at radius 3 is 1.95 bits per heavy atom. The molecule has 0 amide bonds. The lowest BCUT2D eigenvalue weighted by molar-refractivity contribution is 0.0430. The standard InChI is InChI=1S/C13H6Cl4F2/c14-9-6-8(10(15)12(17)11(9)16)13(18,19)7-4-2-1-3-5-7/h1-6H. The molecule has 0 heterocycles. The minimum Gasteiger partial charge on any atom is -0.196 e. The molecule has 2 aromatic rings. The predicted molar refractivity (Wildman–Crippen MR) is 75.9 cm³/mol. The van der Waals surface area contributed by atoms with E-state index in [1.165, 1.54) is 24.3 Å². The molecule has 0 aliphatic heterocycles. The van der Waals surface area contributed by atoms with Crippen LogP contribution in [-0.2, 0) is 5.92 Å². The van der Waals surface area contributed by atoms with Gasteiger partial charge < -0.3 is 0 Å². The summed E-state index contributed by atoms with van der Waals surface area (Å²) in [5.74, 6) is -3.31. The SMILES string of the molecule is FC(F)(c1ccccc1)c1cc(Cl)c(Cl)c(Cl)c1Cl. The monoisotopic (exact) mass is 340 g/mol. The number of halogens is 6. The number of rotatable bonds is 2. The van der Waals surface area contributed by atoms with Crippen molar-refractivity contribution in [2.24, 2.45) is 0 Å². The molecule has 19 heavy (non-hydrogen) atoms. The Kier molecular flexibility index (Phi) is 4.26. The Balaban J connectivity index is 2.65. The molecule has 0 spiro atoms. The zero-order valence-corrected chi connectivity index (χ0v) is 12.3. The van der Waals surface area contributed by atoms with Crippen LogP contribution in [0.3, 0.4) is 0 Å². The molecule has 0 saturated carbocycles. The van der Waals surface area contributed by atoms with E-state index >= 15 is 0 Å². The fourth-order valence-corrected chi connectivity index (χ4v) is 2.53. The Morgan fingerprint density at radius 2 is 1.37 bits per heavy atom. The summed E-state index contributed by atoms with van der Waals surface area (Å²) in [7, 11) is 0. The van der Waals surface area contributed by atoms with E-state index in [4.69, 9.17) is 46.4 Å². The summed E-state index contributed by atoms with van der Waals surface area (Å²) < 4.78 is 28.8. The van der Waals surface area contributed by atoms with Crippen molar-refractivity contribution in [2.75, 3.05) is 0 Å². The van der Waals surface area contributed by atoms with Gasteiger partial charge in [0.05, 0.1) is 20.1 Å². The third kappa shape index (κ3) is 2.68. The summed E-state index contributed by atoms with van der Waals surface area (Å²) in [4.78, 5) is 0. The first kappa shape index (κ1) is 14.9. The zero-order chi connectivity index (χ0) is 14.2. The summed E-state index contributed by atoms with van der Waals surface area (Å²) in [5, 5.41) is -0.589. The molecular weight excluding hydrogens is 336 g/mol. The first-order valence-corrected chi connectivity index (χ1v) is 6.63. The van der Waals surface area contributed by atoms with Crippen molar-refractivity contribution < 1.29 is 8.78 Å². The molecule has 0 saturated heterocycles. The van der Waals surface area contributed by atoms with Gasteiger partial charge in [-0.25, -0.2) is 0 Å². The minimum absolute atomic E-state index is 0.0408. The van der Waals surface area contributed by atoms with Gasteiger partial charge in [-0.3, -0.25) is 0 Å². The molecule has 2 aromatic carbocycles. The largest absolute Gasteiger partial charge is 0.300 e. The maximum absolute atomic E-state index is 14.4. The number of hydrogen-bond acceptors (Lipinski definition) is 0. The van der Waals surface area contributed by atoms with Crippen LogP contribution in [0, 0.1) is 0 Å². The zero-order valence-electron chi connectivity index (χ0n) is 9.23. The highest BCUT2D eigenvalue weighted by atomic mass is 35.5. The second-order valence-corrected chi connectivity index (χ2v) is 5.33. The molecule has 0 N–H and O–H groups in total. The van der Waals surface area contributed by atoms with Crippen molar-refractivity contribution in [3.8, 4) is 0 Å². The molecule has 0 atom stereocenters. The van der Waals surface area contributed by atoms with E-state index in [0.717, 1.165) is 6.07 Å². The Morgan fingerprint density at radius 1 is 0.789 bits per heavy atom. The van der Waals surface area contributed by atoms with E-state index in [0.29, 0.717) is 0 Å². The average molecular weight is 342 g/mol. The van der Waals surface area contributed by atoms with Gasteiger partial charge in [-0.05, 0) is 6.07 Å². The van der Waals surface area contributed by atoms with Crippen LogP contribution in [-0.4, -0.2) is 0 Å². The lowest BCUT2D eigenvalue weighted by atomic mass is 10.0. The van der Waals surface area contributed by atoms with Crippen LogP contribution in [0.5, 0.6) is 0 Å². The van der Waals surface area contributed by atoms with E-state index in [9.17, 15) is 8.78 Å². The molecule has 0 aliphatic carbocycles. The lowest BCUT2D eigenvalue weighted by Crippen LogP contribution is -2.16. The van der Waals surface area contributed by atoms with E-state index in [-0.39, 0.29) is 25.7 Å². The number of alkyl halides is 2. The van der Waals surface area contributed by atoms with Crippen molar-refractivity contribution in [3.63, 3.8) is 0 Å². The molecule has 0 unspecified atom stereocenters. The topological polar surface area (TPSA) is 0 Å². The predicted octanol–water partition coefficient (Wildman–Crippen LogP) is 6.44. The van der Waals surface area contributed by atoms with Gasteiger partial charge in [-0.1, -0.05) is 76.7 Å². The van der Waals surface area contributed by atoms with Gasteiger partial charge in [0.2, 0.25) is 0 Å². The molecule has 0 radical (unpaired) electrons. The van der Waals surface area contributed by atoms with Gasteiger partial charge in [0.1, 0.15) is 0 Å². The minimum atomic E-state index is -3.31. The summed E-state index contributed by atoms with van der Waals surface area (Å²) >= 11 is 23.2. The van der Waals surface area contributed by atoms with Crippen LogP contribution < -0.4 is 0 Å². The van der Waals surface area contributed by atoms with E-state index in [1.807, 2.05) is 0 Å². The quantitative estimate of drug-likeness (QED) is 0.435. The molecule has 100 valence electrons. The Labute approximate surface area is 128 Å². The van der Waals surface area contributed by atoms with Crippen LogP contribution in [0.2, 0.25) is 20.1 Å². The van der Waals surface area contributed by atoms with Crippen molar-refractivity contribution >= 4 is 46.4 Å². The van der Waals surface area contributed by atoms with Gasteiger partial charge in [0.25, 0.3) is 5.92 Å². The summed E-state index contributed by atoms with van der Waals surface area (Å²) in [6.07, 6.45) is 0. The highest BCUT2D eigenvalue weighted by Gasteiger charge is 2.37. The summed E-state index contributed by atoms with van der Waals surface area (Å²) in [6, 6.07) is 8.29. The third-order valence-electron chi connectivity index (χ3n) is 2.58. The highest BCUT2D eigenvalue weighted by molar-refractivity contribution is 6.52.